The van der Waals surface area contributed by atoms with Crippen molar-refractivity contribution in [3.8, 4) is 0 Å². The van der Waals surface area contributed by atoms with Crippen molar-refractivity contribution in [2.75, 3.05) is 13.2 Å². The van der Waals surface area contributed by atoms with Crippen LogP contribution < -0.4 is 5.73 Å². The molecule has 0 saturated heterocycles. The molecule has 4 heteroatoms. The highest BCUT2D eigenvalue weighted by Crippen LogP contribution is 2.34. The van der Waals surface area contributed by atoms with Gasteiger partial charge in [0.05, 0.1) is 12.3 Å². The van der Waals surface area contributed by atoms with Crippen LogP contribution in [0.4, 0.5) is 0 Å². The highest BCUT2D eigenvalue weighted by Gasteiger charge is 2.23. The Morgan fingerprint density at radius 2 is 2.47 bits per heavy atom. The Hall–Kier alpha value is -0.450. The standard InChI is InChI=1S/C11H18N2OS/c1-2-14-7-10-13-11-8(6-12)4-3-5-9(11)15-10/h8H,2-7,12H2,1H3. The lowest BCUT2D eigenvalue weighted by molar-refractivity contribution is 0.133. The molecule has 84 valence electrons. The lowest BCUT2D eigenvalue weighted by atomic mass is 9.91. The zero-order valence-electron chi connectivity index (χ0n) is 9.16. The average molecular weight is 226 g/mol. The van der Waals surface area contributed by atoms with E-state index < -0.39 is 0 Å². The van der Waals surface area contributed by atoms with Gasteiger partial charge in [-0.05, 0) is 26.2 Å². The van der Waals surface area contributed by atoms with Crippen LogP contribution in [0.2, 0.25) is 0 Å². The van der Waals surface area contributed by atoms with Gasteiger partial charge in [-0.1, -0.05) is 0 Å². The van der Waals surface area contributed by atoms with E-state index in [4.69, 9.17) is 10.5 Å². The molecule has 0 aliphatic heterocycles. The Kier molecular flexibility index (Phi) is 3.72. The number of nitrogens with zero attached hydrogens (tertiary/aromatic N) is 1. The SMILES string of the molecule is CCOCc1nc2c(s1)CCCC2CN. The number of hydrogen-bond donors (Lipinski definition) is 1. The summed E-state index contributed by atoms with van der Waals surface area (Å²) in [6, 6.07) is 0. The first kappa shape index (κ1) is 11.0. The molecule has 0 saturated carbocycles. The first-order chi connectivity index (χ1) is 7.35. The van der Waals surface area contributed by atoms with Crippen molar-refractivity contribution in [2.45, 2.75) is 38.7 Å². The molecule has 1 unspecified atom stereocenters. The van der Waals surface area contributed by atoms with Crippen LogP contribution >= 0.6 is 11.3 Å². The number of nitrogens with two attached hydrogens (primary N) is 1. The van der Waals surface area contributed by atoms with E-state index in [-0.39, 0.29) is 0 Å². The molecule has 0 bridgehead atoms. The summed E-state index contributed by atoms with van der Waals surface area (Å²) in [6.45, 7) is 4.15. The van der Waals surface area contributed by atoms with Crippen molar-refractivity contribution in [2.24, 2.45) is 5.73 Å². The summed E-state index contributed by atoms with van der Waals surface area (Å²) in [5, 5.41) is 1.11. The molecule has 1 aromatic heterocycles. The van der Waals surface area contributed by atoms with Gasteiger partial charge >= 0.3 is 0 Å². The minimum absolute atomic E-state index is 0.486. The van der Waals surface area contributed by atoms with Crippen LogP contribution in [0.3, 0.4) is 0 Å². The van der Waals surface area contributed by atoms with E-state index in [0.29, 0.717) is 12.5 Å². The molecular formula is C11H18N2OS. The summed E-state index contributed by atoms with van der Waals surface area (Å²) in [4.78, 5) is 6.09. The van der Waals surface area contributed by atoms with Gasteiger partial charge in [-0.2, -0.15) is 0 Å². The summed E-state index contributed by atoms with van der Waals surface area (Å²) >= 11 is 1.80. The van der Waals surface area contributed by atoms with Crippen LogP contribution in [0.25, 0.3) is 0 Å². The van der Waals surface area contributed by atoms with Gasteiger partial charge in [0.2, 0.25) is 0 Å². The smallest absolute Gasteiger partial charge is 0.119 e. The van der Waals surface area contributed by atoms with Gasteiger partial charge in [0.25, 0.3) is 0 Å². The third-order valence-electron chi connectivity index (χ3n) is 2.83. The molecule has 15 heavy (non-hydrogen) atoms. The average Bonchev–Trinajstić information content (AvgIpc) is 2.68. The summed E-state index contributed by atoms with van der Waals surface area (Å²) in [5.74, 6) is 0.486. The number of fused-ring (bicyclic) bond motifs is 1. The van der Waals surface area contributed by atoms with Crippen LogP contribution in [0.15, 0.2) is 0 Å². The molecule has 1 aliphatic rings. The van der Waals surface area contributed by atoms with E-state index in [0.717, 1.165) is 18.2 Å². The van der Waals surface area contributed by atoms with Crippen molar-refractivity contribution < 1.29 is 4.74 Å². The van der Waals surface area contributed by atoms with Gasteiger partial charge in [0.1, 0.15) is 5.01 Å². The van der Waals surface area contributed by atoms with Crippen molar-refractivity contribution in [1.29, 1.82) is 0 Å². The number of ether oxygens (including phenoxy) is 1. The van der Waals surface area contributed by atoms with Gasteiger partial charge < -0.3 is 10.5 Å². The fourth-order valence-electron chi connectivity index (χ4n) is 2.04. The second kappa shape index (κ2) is 5.05. The number of hydrogen-bond acceptors (Lipinski definition) is 4. The van der Waals surface area contributed by atoms with E-state index in [1.54, 1.807) is 11.3 Å². The molecule has 1 aliphatic carbocycles. The Labute approximate surface area is 94.7 Å². The predicted octanol–water partition coefficient (Wildman–Crippen LogP) is 2.06. The van der Waals surface area contributed by atoms with E-state index in [1.165, 1.54) is 29.8 Å². The third kappa shape index (κ3) is 2.38. The number of rotatable bonds is 4. The molecule has 0 aromatic carbocycles. The quantitative estimate of drug-likeness (QED) is 0.855. The van der Waals surface area contributed by atoms with E-state index in [2.05, 4.69) is 4.98 Å². The maximum Gasteiger partial charge on any atom is 0.119 e. The highest BCUT2D eigenvalue weighted by molar-refractivity contribution is 7.11. The van der Waals surface area contributed by atoms with E-state index in [9.17, 15) is 0 Å². The predicted molar refractivity (Wildman–Crippen MR) is 62.2 cm³/mol. The monoisotopic (exact) mass is 226 g/mol. The summed E-state index contributed by atoms with van der Waals surface area (Å²) in [7, 11) is 0. The summed E-state index contributed by atoms with van der Waals surface area (Å²) in [5.41, 5.74) is 7.01. The Morgan fingerprint density at radius 3 is 3.20 bits per heavy atom. The second-order valence-electron chi connectivity index (χ2n) is 3.88. The zero-order chi connectivity index (χ0) is 10.7. The fraction of sp³-hybridized carbons (Fsp3) is 0.727. The molecule has 1 aromatic rings. The minimum Gasteiger partial charge on any atom is -0.375 e. The van der Waals surface area contributed by atoms with Crippen molar-refractivity contribution >= 4 is 11.3 Å². The molecule has 2 rings (SSSR count). The number of aromatic nitrogens is 1. The number of thiazole rings is 1. The van der Waals surface area contributed by atoms with Crippen LogP contribution in [0.5, 0.6) is 0 Å². The molecule has 2 N–H and O–H groups in total. The largest absolute Gasteiger partial charge is 0.375 e. The van der Waals surface area contributed by atoms with Gasteiger partial charge in [-0.3, -0.25) is 0 Å². The third-order valence-corrected chi connectivity index (χ3v) is 3.93. The first-order valence-electron chi connectivity index (χ1n) is 5.61. The van der Waals surface area contributed by atoms with Crippen LogP contribution in [0, 0.1) is 0 Å². The lowest BCUT2D eigenvalue weighted by Gasteiger charge is -2.18. The van der Waals surface area contributed by atoms with Gasteiger partial charge in [-0.25, -0.2) is 4.98 Å². The normalized spacial score (nSPS) is 20.3. The van der Waals surface area contributed by atoms with E-state index in [1.807, 2.05) is 6.92 Å². The Bertz CT molecular complexity index is 324. The van der Waals surface area contributed by atoms with Crippen LogP contribution in [-0.2, 0) is 17.8 Å². The molecule has 3 nitrogen and oxygen atoms in total. The zero-order valence-corrected chi connectivity index (χ0v) is 9.98. The second-order valence-corrected chi connectivity index (χ2v) is 5.05. The van der Waals surface area contributed by atoms with Gasteiger partial charge in [0, 0.05) is 23.9 Å². The maximum atomic E-state index is 5.76. The topological polar surface area (TPSA) is 48.1 Å². The van der Waals surface area contributed by atoms with E-state index >= 15 is 0 Å². The highest BCUT2D eigenvalue weighted by atomic mass is 32.1. The molecular weight excluding hydrogens is 208 g/mol. The first-order valence-corrected chi connectivity index (χ1v) is 6.43. The number of aryl methyl sites for hydroxylation is 1. The molecule has 0 spiro atoms. The van der Waals surface area contributed by atoms with Crippen LogP contribution in [-0.4, -0.2) is 18.1 Å². The molecule has 1 heterocycles. The fourth-order valence-corrected chi connectivity index (χ4v) is 3.17. The van der Waals surface area contributed by atoms with Gasteiger partial charge in [0.15, 0.2) is 0 Å². The van der Waals surface area contributed by atoms with Crippen molar-refractivity contribution in [3.05, 3.63) is 15.6 Å². The molecule has 1 atom stereocenters. The van der Waals surface area contributed by atoms with Crippen molar-refractivity contribution in [3.63, 3.8) is 0 Å². The lowest BCUT2D eigenvalue weighted by Crippen LogP contribution is -2.17. The van der Waals surface area contributed by atoms with Gasteiger partial charge in [-0.15, -0.1) is 11.3 Å². The minimum atomic E-state index is 0.486. The Morgan fingerprint density at radius 1 is 1.60 bits per heavy atom. The maximum absolute atomic E-state index is 5.76. The van der Waals surface area contributed by atoms with Crippen LogP contribution in [0.1, 0.15) is 41.3 Å². The Balaban J connectivity index is 2.14. The van der Waals surface area contributed by atoms with Crippen molar-refractivity contribution in [1.82, 2.24) is 4.98 Å². The molecule has 0 amide bonds. The summed E-state index contributed by atoms with van der Waals surface area (Å²) in [6.07, 6.45) is 3.63. The molecule has 0 radical (unpaired) electrons. The molecule has 0 fully saturated rings. The summed E-state index contributed by atoms with van der Waals surface area (Å²) < 4.78 is 5.38.